The molecule has 5 heteroatoms. The fourth-order valence-electron chi connectivity index (χ4n) is 1.71. The number of nitrogens with zero attached hydrogens (tertiary/aromatic N) is 1. The third kappa shape index (κ3) is 1.36. The second-order valence-electron chi connectivity index (χ2n) is 3.46. The van der Waals surface area contributed by atoms with Crippen LogP contribution in [0.5, 0.6) is 0 Å². The number of nitrogens with one attached hydrogen (secondary N) is 2. The summed E-state index contributed by atoms with van der Waals surface area (Å²) >= 11 is 10.5. The number of pyridine rings is 3. The van der Waals surface area contributed by atoms with Gasteiger partial charge in [-0.3, -0.25) is 0 Å². The Kier molecular flexibility index (Phi) is 2.08. The van der Waals surface area contributed by atoms with Gasteiger partial charge >= 0.3 is 0 Å². The highest BCUT2D eigenvalue weighted by Crippen LogP contribution is 2.19. The lowest BCUT2D eigenvalue weighted by molar-refractivity contribution is 1.26. The molecule has 3 aromatic rings. The van der Waals surface area contributed by atoms with Gasteiger partial charge in [0.15, 0.2) is 0 Å². The third-order valence-corrected chi connectivity index (χ3v) is 3.14. The van der Waals surface area contributed by atoms with E-state index in [2.05, 4.69) is 15.0 Å². The molecular weight excluding hydrogens is 238 g/mol. The number of H-pyrrole nitrogens is 2. The molecule has 2 N–H and O–H groups in total. The van der Waals surface area contributed by atoms with E-state index in [-0.39, 0.29) is 0 Å². The Morgan fingerprint density at radius 3 is 2.75 bits per heavy atom. The molecule has 0 aromatic carbocycles. The minimum absolute atomic E-state index is 0.674. The molecule has 0 radical (unpaired) electrons. The van der Waals surface area contributed by atoms with E-state index in [1.807, 2.05) is 24.3 Å². The van der Waals surface area contributed by atoms with Crippen LogP contribution < -0.4 is 0 Å². The molecule has 0 atom stereocenters. The van der Waals surface area contributed by atoms with Crippen LogP contribution in [0.3, 0.4) is 0 Å². The maximum Gasteiger partial charge on any atom is 0.140 e. The summed E-state index contributed by atoms with van der Waals surface area (Å²) in [6.07, 6.45) is 1.73. The van der Waals surface area contributed by atoms with Crippen molar-refractivity contribution in [2.75, 3.05) is 0 Å². The summed E-state index contributed by atoms with van der Waals surface area (Å²) in [5, 5.41) is 1.92. The Hall–Kier alpha value is -1.59. The van der Waals surface area contributed by atoms with Crippen molar-refractivity contribution in [2.45, 2.75) is 0 Å². The van der Waals surface area contributed by atoms with Crippen LogP contribution in [0.15, 0.2) is 30.5 Å². The first-order valence-electron chi connectivity index (χ1n) is 4.76. The normalized spacial score (nSPS) is 11.0. The Morgan fingerprint density at radius 1 is 1.00 bits per heavy atom. The van der Waals surface area contributed by atoms with Crippen LogP contribution in [0.4, 0.5) is 0 Å². The second-order valence-corrected chi connectivity index (χ2v) is 4.31. The van der Waals surface area contributed by atoms with Crippen molar-refractivity contribution in [3.8, 4) is 0 Å². The van der Waals surface area contributed by atoms with Gasteiger partial charge in [-0.05, 0) is 24.3 Å². The molecule has 3 nitrogen and oxygen atoms in total. The van der Waals surface area contributed by atoms with Gasteiger partial charge in [-0.1, -0.05) is 24.4 Å². The number of fused-ring (bicyclic) bond motifs is 2. The van der Waals surface area contributed by atoms with Crippen LogP contribution in [0.1, 0.15) is 0 Å². The lowest BCUT2D eigenvalue weighted by Crippen LogP contribution is -1.89. The number of aromatic amines is 2. The lowest BCUT2D eigenvalue weighted by atomic mass is 10.2. The molecule has 0 unspecified atom stereocenters. The quantitative estimate of drug-likeness (QED) is 0.470. The van der Waals surface area contributed by atoms with Crippen molar-refractivity contribution in [1.82, 2.24) is 15.0 Å². The first-order chi connectivity index (χ1) is 7.75. The molecule has 3 rings (SSSR count). The van der Waals surface area contributed by atoms with Crippen molar-refractivity contribution < 1.29 is 0 Å². The summed E-state index contributed by atoms with van der Waals surface area (Å²) in [6.45, 7) is 0. The molecule has 16 heavy (non-hydrogen) atoms. The zero-order chi connectivity index (χ0) is 11.1. The number of rotatable bonds is 0. The van der Waals surface area contributed by atoms with Gasteiger partial charge in [-0.2, -0.15) is 0 Å². The molecule has 3 heterocycles. The molecular formula is C11H7N3S2. The topological polar surface area (TPSA) is 44.5 Å². The van der Waals surface area contributed by atoms with E-state index in [4.69, 9.17) is 24.4 Å². The minimum Gasteiger partial charge on any atom is -0.332 e. The van der Waals surface area contributed by atoms with Gasteiger partial charge in [-0.25, -0.2) is 4.98 Å². The van der Waals surface area contributed by atoms with Gasteiger partial charge in [0, 0.05) is 17.0 Å². The van der Waals surface area contributed by atoms with E-state index >= 15 is 0 Å². The molecule has 0 aliphatic carbocycles. The standard InChI is InChI=1S/C11H7N3S2/c15-8-4-3-7-9(16)6-2-1-5-12-10(6)14-11(7)13-8/h1-5H,(H2,12,13,14,15,16). The minimum atomic E-state index is 0.674. The van der Waals surface area contributed by atoms with E-state index < -0.39 is 0 Å². The molecule has 78 valence electrons. The smallest absolute Gasteiger partial charge is 0.140 e. The van der Waals surface area contributed by atoms with Crippen LogP contribution in [0, 0.1) is 9.15 Å². The van der Waals surface area contributed by atoms with Crippen molar-refractivity contribution in [3.63, 3.8) is 0 Å². The molecule has 0 aliphatic rings. The molecule has 0 spiro atoms. The molecule has 0 saturated carbocycles. The highest BCUT2D eigenvalue weighted by molar-refractivity contribution is 7.72. The second kappa shape index (κ2) is 3.47. The Balaban J connectivity index is 2.66. The predicted octanol–water partition coefficient (Wildman–Crippen LogP) is 3.50. The SMILES string of the molecule is S=c1ccc2c(=S)c3cccnc3[nH]c2[nH]1. The molecule has 0 fully saturated rings. The summed E-state index contributed by atoms with van der Waals surface area (Å²) in [6, 6.07) is 7.61. The zero-order valence-electron chi connectivity index (χ0n) is 8.15. The average Bonchev–Trinajstić information content (AvgIpc) is 2.29. The fourth-order valence-corrected chi connectivity index (χ4v) is 2.22. The van der Waals surface area contributed by atoms with Crippen LogP contribution in [-0.2, 0) is 0 Å². The highest BCUT2D eigenvalue weighted by Gasteiger charge is 2.02. The van der Waals surface area contributed by atoms with Gasteiger partial charge in [0.25, 0.3) is 0 Å². The van der Waals surface area contributed by atoms with Crippen LogP contribution >= 0.6 is 24.4 Å². The lowest BCUT2D eigenvalue weighted by Gasteiger charge is -2.02. The third-order valence-electron chi connectivity index (χ3n) is 2.46. The molecule has 0 aliphatic heterocycles. The van der Waals surface area contributed by atoms with Crippen LogP contribution in [0.25, 0.3) is 22.1 Å². The monoisotopic (exact) mass is 245 g/mol. The Labute approximate surface area is 101 Å². The van der Waals surface area contributed by atoms with E-state index in [1.165, 1.54) is 0 Å². The van der Waals surface area contributed by atoms with Gasteiger partial charge in [0.1, 0.15) is 15.9 Å². The summed E-state index contributed by atoms with van der Waals surface area (Å²) < 4.78 is 1.47. The maximum absolute atomic E-state index is 5.42. The van der Waals surface area contributed by atoms with Crippen molar-refractivity contribution in [3.05, 3.63) is 39.6 Å². The molecule has 3 aromatic heterocycles. The first-order valence-corrected chi connectivity index (χ1v) is 5.57. The van der Waals surface area contributed by atoms with Gasteiger partial charge in [0.05, 0.1) is 4.51 Å². The van der Waals surface area contributed by atoms with E-state index in [9.17, 15) is 0 Å². The molecule has 0 amide bonds. The number of hydrogen-bond acceptors (Lipinski definition) is 3. The molecule has 0 bridgehead atoms. The van der Waals surface area contributed by atoms with Crippen molar-refractivity contribution >= 4 is 46.5 Å². The average molecular weight is 245 g/mol. The Bertz CT molecular complexity index is 801. The first kappa shape index (κ1) is 9.62. The summed E-state index contributed by atoms with van der Waals surface area (Å²) in [5.41, 5.74) is 1.60. The highest BCUT2D eigenvalue weighted by atomic mass is 32.1. The van der Waals surface area contributed by atoms with E-state index in [0.717, 1.165) is 26.6 Å². The summed E-state index contributed by atoms with van der Waals surface area (Å²) in [5.74, 6) is 0. The van der Waals surface area contributed by atoms with Gasteiger partial charge in [-0.15, -0.1) is 0 Å². The number of aromatic nitrogens is 3. The van der Waals surface area contributed by atoms with Crippen molar-refractivity contribution in [1.29, 1.82) is 0 Å². The summed E-state index contributed by atoms with van der Waals surface area (Å²) in [4.78, 5) is 10.5. The van der Waals surface area contributed by atoms with Gasteiger partial charge in [0.2, 0.25) is 0 Å². The largest absolute Gasteiger partial charge is 0.332 e. The maximum atomic E-state index is 5.42. The number of hydrogen-bond donors (Lipinski definition) is 2. The predicted molar refractivity (Wildman–Crippen MR) is 69.6 cm³/mol. The van der Waals surface area contributed by atoms with Gasteiger partial charge < -0.3 is 9.97 Å². The van der Waals surface area contributed by atoms with Crippen LogP contribution in [-0.4, -0.2) is 15.0 Å². The zero-order valence-corrected chi connectivity index (χ0v) is 9.78. The van der Waals surface area contributed by atoms with E-state index in [0.29, 0.717) is 4.64 Å². The Morgan fingerprint density at radius 2 is 1.88 bits per heavy atom. The van der Waals surface area contributed by atoms with Crippen molar-refractivity contribution in [2.24, 2.45) is 0 Å². The molecule has 0 saturated heterocycles. The van der Waals surface area contributed by atoms with Crippen LogP contribution in [0.2, 0.25) is 0 Å². The van der Waals surface area contributed by atoms with E-state index in [1.54, 1.807) is 6.20 Å². The fraction of sp³-hybridized carbons (Fsp3) is 0. The summed E-state index contributed by atoms with van der Waals surface area (Å²) in [7, 11) is 0.